The van der Waals surface area contributed by atoms with Crippen LogP contribution < -0.4 is 21.3 Å². The maximum absolute atomic E-state index is 14.9. The summed E-state index contributed by atoms with van der Waals surface area (Å²) in [4.78, 5) is 44.2. The van der Waals surface area contributed by atoms with Gasteiger partial charge in [-0.1, -0.05) is 80.9 Å². The van der Waals surface area contributed by atoms with Crippen LogP contribution in [-0.2, 0) is 41.0 Å². The molecule has 1 heterocycles. The van der Waals surface area contributed by atoms with Crippen molar-refractivity contribution in [2.24, 2.45) is 5.73 Å². The topological polar surface area (TPSA) is 132 Å². The lowest BCUT2D eigenvalue weighted by molar-refractivity contribution is -0.139. The first-order valence-electron chi connectivity index (χ1n) is 16.4. The number of hydrogen-bond acceptors (Lipinski definition) is 6. The molecule has 4 amide bonds. The average Bonchev–Trinajstić information content (AvgIpc) is 3.24. The molecule has 10 nitrogen and oxygen atoms in total. The second kappa shape index (κ2) is 15.5. The first-order valence-corrected chi connectivity index (χ1v) is 18.8. The maximum Gasteiger partial charge on any atom is 0.320 e. The van der Waals surface area contributed by atoms with Crippen LogP contribution in [0.3, 0.4) is 0 Å². The summed E-state index contributed by atoms with van der Waals surface area (Å²) in [7, 11) is -1.02. The Bertz CT molecular complexity index is 1600. The number of ether oxygens (including phenoxy) is 2. The fourth-order valence-electron chi connectivity index (χ4n) is 6.05. The molecule has 48 heavy (non-hydrogen) atoms. The molecule has 1 aliphatic rings. The largest absolute Gasteiger partial charge is 0.413 e. The first-order chi connectivity index (χ1) is 22.7. The van der Waals surface area contributed by atoms with Gasteiger partial charge in [-0.05, 0) is 62.5 Å². The van der Waals surface area contributed by atoms with Gasteiger partial charge in [0.2, 0.25) is 14.9 Å². The monoisotopic (exact) mass is 673 g/mol. The number of hydrogen-bond donors (Lipinski definition) is 3. The Morgan fingerprint density at radius 3 is 2.21 bits per heavy atom. The Balaban J connectivity index is 1.85. The molecule has 1 aliphatic heterocycles. The number of carbonyl (C=O) groups is 3. The molecular weight excluding hydrogens is 625 g/mol. The van der Waals surface area contributed by atoms with Crippen LogP contribution in [-0.4, -0.2) is 52.9 Å². The lowest BCUT2D eigenvalue weighted by Gasteiger charge is -2.36. The van der Waals surface area contributed by atoms with Crippen LogP contribution >= 0.6 is 0 Å². The van der Waals surface area contributed by atoms with Gasteiger partial charge in [0, 0.05) is 30.0 Å². The SMILES string of the molecule is CCOC(CN1C(=O)C(NC(=O)Nc2ccc(C(C)(C)C)cc2CO[Si](C)C)(C(C(N)=O)c2ccc(C)cc2)c2ccccc21)OCC. The van der Waals surface area contributed by atoms with E-state index in [0.29, 0.717) is 42.3 Å². The van der Waals surface area contributed by atoms with E-state index in [1.807, 2.05) is 64.2 Å². The molecule has 3 aromatic carbocycles. The van der Waals surface area contributed by atoms with E-state index in [1.165, 1.54) is 4.90 Å². The molecule has 0 saturated carbocycles. The first kappa shape index (κ1) is 36.8. The third-order valence-corrected chi connectivity index (χ3v) is 9.14. The summed E-state index contributed by atoms with van der Waals surface area (Å²) in [5, 5.41) is 5.96. The van der Waals surface area contributed by atoms with Gasteiger partial charge < -0.3 is 35.2 Å². The predicted octanol–water partition coefficient (Wildman–Crippen LogP) is 6.09. The number of anilines is 2. The molecule has 2 atom stereocenters. The van der Waals surface area contributed by atoms with Crippen LogP contribution in [0.4, 0.5) is 16.2 Å². The van der Waals surface area contributed by atoms with Crippen LogP contribution in [0.2, 0.25) is 13.1 Å². The molecule has 0 aromatic heterocycles. The van der Waals surface area contributed by atoms with Crippen molar-refractivity contribution in [1.82, 2.24) is 5.32 Å². The van der Waals surface area contributed by atoms with Gasteiger partial charge in [-0.2, -0.15) is 0 Å². The number of nitrogens with zero attached hydrogens (tertiary/aromatic N) is 1. The highest BCUT2D eigenvalue weighted by Crippen LogP contribution is 2.48. The van der Waals surface area contributed by atoms with E-state index in [9.17, 15) is 14.4 Å². The Hall–Kier alpha value is -4.03. The van der Waals surface area contributed by atoms with Gasteiger partial charge in [0.15, 0.2) is 11.8 Å². The van der Waals surface area contributed by atoms with E-state index in [4.69, 9.17) is 19.6 Å². The molecule has 11 heteroatoms. The van der Waals surface area contributed by atoms with Crippen molar-refractivity contribution < 1.29 is 28.3 Å². The van der Waals surface area contributed by atoms with E-state index in [2.05, 4.69) is 31.4 Å². The smallest absolute Gasteiger partial charge is 0.320 e. The number of primary amides is 1. The van der Waals surface area contributed by atoms with Crippen molar-refractivity contribution in [3.63, 3.8) is 0 Å². The number of carbonyl (C=O) groups excluding carboxylic acids is 3. The predicted molar refractivity (Wildman–Crippen MR) is 190 cm³/mol. The third kappa shape index (κ3) is 7.98. The van der Waals surface area contributed by atoms with E-state index in [-0.39, 0.29) is 12.0 Å². The van der Waals surface area contributed by atoms with E-state index in [1.54, 1.807) is 36.4 Å². The minimum absolute atomic E-state index is 0.0375. The quantitative estimate of drug-likeness (QED) is 0.140. The highest BCUT2D eigenvalue weighted by atomic mass is 28.3. The molecule has 1 radical (unpaired) electrons. The van der Waals surface area contributed by atoms with E-state index >= 15 is 0 Å². The molecule has 0 spiro atoms. The maximum atomic E-state index is 14.9. The fourth-order valence-corrected chi connectivity index (χ4v) is 6.49. The van der Waals surface area contributed by atoms with Crippen LogP contribution in [0.15, 0.2) is 66.7 Å². The molecule has 4 N–H and O–H groups in total. The minimum atomic E-state index is -1.89. The molecule has 0 fully saturated rings. The summed E-state index contributed by atoms with van der Waals surface area (Å²) in [6.07, 6.45) is -0.736. The number of nitrogens with one attached hydrogen (secondary N) is 2. The third-order valence-electron chi connectivity index (χ3n) is 8.41. The number of fused-ring (bicyclic) bond motifs is 1. The summed E-state index contributed by atoms with van der Waals surface area (Å²) in [5.74, 6) is -2.54. The highest BCUT2D eigenvalue weighted by molar-refractivity contribution is 6.48. The van der Waals surface area contributed by atoms with Gasteiger partial charge in [0.05, 0.1) is 24.8 Å². The number of aryl methyl sites for hydroxylation is 1. The van der Waals surface area contributed by atoms with Crippen LogP contribution in [0.25, 0.3) is 0 Å². The van der Waals surface area contributed by atoms with E-state index < -0.39 is 44.6 Å². The Labute approximate surface area is 286 Å². The Morgan fingerprint density at radius 1 is 0.979 bits per heavy atom. The zero-order valence-corrected chi connectivity index (χ0v) is 30.3. The summed E-state index contributed by atoms with van der Waals surface area (Å²) < 4.78 is 17.7. The lowest BCUT2D eigenvalue weighted by Crippen LogP contribution is -2.60. The van der Waals surface area contributed by atoms with Crippen molar-refractivity contribution in [3.05, 3.63) is 94.5 Å². The van der Waals surface area contributed by atoms with Crippen LogP contribution in [0, 0.1) is 6.92 Å². The van der Waals surface area contributed by atoms with Gasteiger partial charge in [0.1, 0.15) is 0 Å². The average molecular weight is 674 g/mol. The lowest BCUT2D eigenvalue weighted by atomic mass is 9.74. The molecule has 0 bridgehead atoms. The molecule has 3 aromatic rings. The van der Waals surface area contributed by atoms with E-state index in [0.717, 1.165) is 16.7 Å². The van der Waals surface area contributed by atoms with Gasteiger partial charge in [-0.3, -0.25) is 9.59 Å². The number of benzene rings is 3. The zero-order chi connectivity index (χ0) is 35.2. The number of amides is 4. The normalized spacial score (nSPS) is 16.7. The summed E-state index contributed by atoms with van der Waals surface area (Å²) in [6, 6.07) is 19.5. The molecule has 2 unspecified atom stereocenters. The van der Waals surface area contributed by atoms with Crippen LogP contribution in [0.1, 0.15) is 68.4 Å². The van der Waals surface area contributed by atoms with Gasteiger partial charge in [-0.25, -0.2) is 4.79 Å². The Kier molecular flexibility index (Phi) is 11.9. The number of urea groups is 1. The molecule has 4 rings (SSSR count). The molecule has 0 saturated heterocycles. The molecule has 0 aliphatic carbocycles. The molecular formula is C37H49N4O6Si. The second-order valence-electron chi connectivity index (χ2n) is 13.2. The van der Waals surface area contributed by atoms with Crippen molar-refractivity contribution in [2.75, 3.05) is 30.0 Å². The minimum Gasteiger partial charge on any atom is -0.413 e. The van der Waals surface area contributed by atoms with Crippen molar-refractivity contribution in [1.29, 1.82) is 0 Å². The number of nitrogens with two attached hydrogens (primary N) is 1. The van der Waals surface area contributed by atoms with Crippen molar-refractivity contribution >= 4 is 38.3 Å². The zero-order valence-electron chi connectivity index (χ0n) is 29.3. The summed E-state index contributed by atoms with van der Waals surface area (Å²) in [6.45, 7) is 17.2. The Morgan fingerprint density at radius 2 is 1.62 bits per heavy atom. The van der Waals surface area contributed by atoms with Gasteiger partial charge in [0.25, 0.3) is 5.91 Å². The second-order valence-corrected chi connectivity index (χ2v) is 15.3. The fraction of sp³-hybridized carbons (Fsp3) is 0.432. The van der Waals surface area contributed by atoms with Crippen LogP contribution in [0.5, 0.6) is 0 Å². The van der Waals surface area contributed by atoms with Crippen molar-refractivity contribution in [2.45, 2.75) is 84.4 Å². The summed E-state index contributed by atoms with van der Waals surface area (Å²) >= 11 is 0. The van der Waals surface area contributed by atoms with Gasteiger partial charge >= 0.3 is 6.03 Å². The van der Waals surface area contributed by atoms with Crippen molar-refractivity contribution in [3.8, 4) is 0 Å². The number of rotatable bonds is 14. The number of para-hydroxylation sites is 1. The molecule has 257 valence electrons. The standard InChI is InChI=1S/C37H49N4O6Si/c1-9-45-31(46-10-2)22-41-30-14-12-11-13-28(30)37(34(41)43,32(33(38)42)25-17-15-24(3)16-18-25)40-35(44)39-29-20-19-27(36(4,5)6)21-26(29)23-47-48(7)8/h11-21,31-32H,9-10,22-23H2,1-8H3,(H2,38,42)(H2,39,40,44). The summed E-state index contributed by atoms with van der Waals surface area (Å²) in [5.41, 5.74) is 9.00. The highest BCUT2D eigenvalue weighted by Gasteiger charge is 2.59. The van der Waals surface area contributed by atoms with Gasteiger partial charge in [-0.15, -0.1) is 0 Å².